The van der Waals surface area contributed by atoms with Crippen molar-refractivity contribution in [2.45, 2.75) is 45.8 Å². The molecule has 2 saturated carbocycles. The summed E-state index contributed by atoms with van der Waals surface area (Å²) in [5.41, 5.74) is 0.0446. The maximum atomic E-state index is 9.82. The lowest BCUT2D eigenvalue weighted by Gasteiger charge is -2.36. The maximum Gasteiger partial charge on any atom is 0.0603 e. The molecule has 12 heavy (non-hydrogen) atoms. The Labute approximate surface area is 73.6 Å². The molecule has 2 aliphatic rings. The molecule has 2 heteroatoms. The van der Waals surface area contributed by atoms with Crippen molar-refractivity contribution in [3.05, 3.63) is 0 Å². The minimum Gasteiger partial charge on any atom is -0.393 e. The van der Waals surface area contributed by atoms with Gasteiger partial charge in [0, 0.05) is 5.41 Å². The summed E-state index contributed by atoms with van der Waals surface area (Å²) in [7, 11) is 0. The Morgan fingerprint density at radius 1 is 1.17 bits per heavy atom. The van der Waals surface area contributed by atoms with Crippen molar-refractivity contribution in [1.29, 1.82) is 0 Å². The third-order valence-corrected chi connectivity index (χ3v) is 4.71. The molecule has 0 aliphatic heterocycles. The molecule has 0 unspecified atom stereocenters. The first-order valence-electron chi connectivity index (χ1n) is 4.76. The third kappa shape index (κ3) is 0.686. The number of hydrogen-bond acceptors (Lipinski definition) is 2. The van der Waals surface area contributed by atoms with E-state index in [1.165, 1.54) is 0 Å². The monoisotopic (exact) mass is 170 g/mol. The van der Waals surface area contributed by atoms with E-state index in [4.69, 9.17) is 0 Å². The number of rotatable bonds is 0. The van der Waals surface area contributed by atoms with Crippen LogP contribution in [0.1, 0.15) is 33.6 Å². The van der Waals surface area contributed by atoms with E-state index in [0.29, 0.717) is 5.92 Å². The zero-order valence-corrected chi connectivity index (χ0v) is 8.04. The van der Waals surface area contributed by atoms with Crippen molar-refractivity contribution in [2.24, 2.45) is 16.7 Å². The average molecular weight is 170 g/mol. The van der Waals surface area contributed by atoms with Gasteiger partial charge < -0.3 is 10.2 Å². The van der Waals surface area contributed by atoms with E-state index in [2.05, 4.69) is 20.8 Å². The molecule has 0 amide bonds. The number of aliphatic hydroxyl groups is 2. The molecule has 0 heterocycles. The molecule has 0 aromatic carbocycles. The van der Waals surface area contributed by atoms with Crippen LogP contribution in [0.2, 0.25) is 0 Å². The van der Waals surface area contributed by atoms with Gasteiger partial charge in [0.15, 0.2) is 0 Å². The van der Waals surface area contributed by atoms with Gasteiger partial charge in [0.05, 0.1) is 12.2 Å². The number of aliphatic hydroxyl groups excluding tert-OH is 2. The summed E-state index contributed by atoms with van der Waals surface area (Å²) in [6.45, 7) is 6.45. The molecular formula is C10H18O2. The highest BCUT2D eigenvalue weighted by molar-refractivity contribution is 5.13. The Morgan fingerprint density at radius 2 is 1.75 bits per heavy atom. The van der Waals surface area contributed by atoms with E-state index in [-0.39, 0.29) is 23.0 Å². The van der Waals surface area contributed by atoms with Gasteiger partial charge in [-0.25, -0.2) is 0 Å². The molecule has 0 radical (unpaired) electrons. The zero-order valence-electron chi connectivity index (χ0n) is 8.04. The normalized spacial score (nSPS) is 56.2. The van der Waals surface area contributed by atoms with Crippen LogP contribution in [0.25, 0.3) is 0 Å². The summed E-state index contributed by atoms with van der Waals surface area (Å²) in [6, 6.07) is 0. The van der Waals surface area contributed by atoms with Crippen LogP contribution in [0.5, 0.6) is 0 Å². The van der Waals surface area contributed by atoms with Gasteiger partial charge in [-0.2, -0.15) is 0 Å². The van der Waals surface area contributed by atoms with Crippen LogP contribution in [0.4, 0.5) is 0 Å². The van der Waals surface area contributed by atoms with E-state index >= 15 is 0 Å². The van der Waals surface area contributed by atoms with E-state index < -0.39 is 0 Å². The van der Waals surface area contributed by atoms with Crippen LogP contribution in [0, 0.1) is 16.7 Å². The molecule has 70 valence electrons. The second-order valence-corrected chi connectivity index (χ2v) is 5.27. The van der Waals surface area contributed by atoms with Crippen LogP contribution >= 0.6 is 0 Å². The molecule has 4 atom stereocenters. The van der Waals surface area contributed by atoms with Crippen molar-refractivity contribution in [1.82, 2.24) is 0 Å². The van der Waals surface area contributed by atoms with Crippen LogP contribution in [-0.2, 0) is 0 Å². The summed E-state index contributed by atoms with van der Waals surface area (Å²) < 4.78 is 0. The molecule has 2 bridgehead atoms. The molecule has 0 aromatic rings. The molecule has 2 N–H and O–H groups in total. The minimum absolute atomic E-state index is 0.0584. The topological polar surface area (TPSA) is 40.5 Å². The van der Waals surface area contributed by atoms with Gasteiger partial charge in [0.1, 0.15) is 0 Å². The molecule has 0 saturated heterocycles. The molecule has 2 rings (SSSR count). The highest BCUT2D eigenvalue weighted by atomic mass is 16.3. The van der Waals surface area contributed by atoms with E-state index in [1.54, 1.807) is 0 Å². The SMILES string of the molecule is CC1(C)[C@H]2C[C@H](O)[C@]1(C)C[C@@H]2O. The third-order valence-electron chi connectivity index (χ3n) is 4.71. The van der Waals surface area contributed by atoms with Crippen LogP contribution in [0.15, 0.2) is 0 Å². The fourth-order valence-corrected chi connectivity index (χ4v) is 3.26. The van der Waals surface area contributed by atoms with Crippen molar-refractivity contribution in [3.8, 4) is 0 Å². The first-order valence-corrected chi connectivity index (χ1v) is 4.76. The molecule has 2 fully saturated rings. The van der Waals surface area contributed by atoms with Gasteiger partial charge in [-0.05, 0) is 24.2 Å². The lowest BCUT2D eigenvalue weighted by Crippen LogP contribution is -2.36. The highest BCUT2D eigenvalue weighted by Crippen LogP contribution is 2.65. The molecule has 2 aliphatic carbocycles. The Balaban J connectivity index is 2.41. The number of hydrogen-bond donors (Lipinski definition) is 2. The summed E-state index contributed by atoms with van der Waals surface area (Å²) in [5, 5.41) is 19.5. The molecule has 0 aromatic heterocycles. The van der Waals surface area contributed by atoms with Crippen molar-refractivity contribution >= 4 is 0 Å². The van der Waals surface area contributed by atoms with E-state index in [9.17, 15) is 10.2 Å². The van der Waals surface area contributed by atoms with E-state index in [1.807, 2.05) is 0 Å². The Morgan fingerprint density at radius 3 is 2.00 bits per heavy atom. The first kappa shape index (κ1) is 8.52. The minimum atomic E-state index is -0.208. The van der Waals surface area contributed by atoms with Gasteiger partial charge in [-0.3, -0.25) is 0 Å². The molecular weight excluding hydrogens is 152 g/mol. The van der Waals surface area contributed by atoms with Gasteiger partial charge in [-0.15, -0.1) is 0 Å². The van der Waals surface area contributed by atoms with Crippen molar-refractivity contribution < 1.29 is 10.2 Å². The predicted molar refractivity (Wildman–Crippen MR) is 46.6 cm³/mol. The van der Waals surface area contributed by atoms with Gasteiger partial charge in [-0.1, -0.05) is 20.8 Å². The fraction of sp³-hybridized carbons (Fsp3) is 1.00. The van der Waals surface area contributed by atoms with Gasteiger partial charge in [0.25, 0.3) is 0 Å². The number of fused-ring (bicyclic) bond motifs is 2. The lowest BCUT2D eigenvalue weighted by atomic mass is 9.70. The molecule has 0 spiro atoms. The fourth-order valence-electron chi connectivity index (χ4n) is 3.26. The van der Waals surface area contributed by atoms with Crippen LogP contribution in [-0.4, -0.2) is 22.4 Å². The Kier molecular flexibility index (Phi) is 1.45. The Bertz CT molecular complexity index is 212. The summed E-state index contributed by atoms with van der Waals surface area (Å²) in [5.74, 6) is 0.303. The average Bonchev–Trinajstić information content (AvgIpc) is 2.18. The smallest absolute Gasteiger partial charge is 0.0603 e. The van der Waals surface area contributed by atoms with Crippen LogP contribution in [0.3, 0.4) is 0 Å². The summed E-state index contributed by atoms with van der Waals surface area (Å²) in [6.07, 6.45) is 1.16. The second-order valence-electron chi connectivity index (χ2n) is 5.27. The van der Waals surface area contributed by atoms with Gasteiger partial charge >= 0.3 is 0 Å². The van der Waals surface area contributed by atoms with Gasteiger partial charge in [0.2, 0.25) is 0 Å². The first-order chi connectivity index (χ1) is 5.39. The maximum absolute atomic E-state index is 9.82. The molecule has 2 nitrogen and oxygen atoms in total. The van der Waals surface area contributed by atoms with Crippen LogP contribution < -0.4 is 0 Å². The van der Waals surface area contributed by atoms with E-state index in [0.717, 1.165) is 12.8 Å². The summed E-state index contributed by atoms with van der Waals surface area (Å²) >= 11 is 0. The second kappa shape index (κ2) is 2.05. The van der Waals surface area contributed by atoms with Crippen molar-refractivity contribution in [2.75, 3.05) is 0 Å². The quantitative estimate of drug-likeness (QED) is 0.573. The van der Waals surface area contributed by atoms with Crippen molar-refractivity contribution in [3.63, 3.8) is 0 Å². The standard InChI is InChI=1S/C10H18O2/c1-9(2)6-4-8(12)10(9,3)5-7(6)11/h6-8,11-12H,4-5H2,1-3H3/t6-,7-,8-,10-/m0/s1. The Hall–Kier alpha value is -0.0800. The largest absolute Gasteiger partial charge is 0.393 e. The summed E-state index contributed by atoms with van der Waals surface area (Å²) in [4.78, 5) is 0. The lowest BCUT2D eigenvalue weighted by molar-refractivity contribution is -0.00727. The predicted octanol–water partition coefficient (Wildman–Crippen LogP) is 1.16. The zero-order chi connectivity index (χ0) is 9.15. The highest BCUT2D eigenvalue weighted by Gasteiger charge is 2.64.